The van der Waals surface area contributed by atoms with Gasteiger partial charge in [0, 0.05) is 10.0 Å². The first kappa shape index (κ1) is 19.9. The Bertz CT molecular complexity index is 816. The van der Waals surface area contributed by atoms with Crippen LogP contribution in [0.25, 0.3) is 6.08 Å². The van der Waals surface area contributed by atoms with Crippen molar-refractivity contribution in [2.45, 2.75) is 26.2 Å². The fourth-order valence-corrected chi connectivity index (χ4v) is 2.56. The third-order valence-electron chi connectivity index (χ3n) is 3.85. The van der Waals surface area contributed by atoms with Gasteiger partial charge in [-0.05, 0) is 46.9 Å². The van der Waals surface area contributed by atoms with Gasteiger partial charge in [0.05, 0.1) is 7.11 Å². The summed E-state index contributed by atoms with van der Waals surface area (Å²) in [5.41, 5.74) is 2.47. The molecule has 5 heteroatoms. The van der Waals surface area contributed by atoms with Crippen LogP contribution in [0.5, 0.6) is 0 Å². The van der Waals surface area contributed by atoms with E-state index in [1.165, 1.54) is 7.11 Å². The molecule has 136 valence electrons. The van der Waals surface area contributed by atoms with E-state index in [1.54, 1.807) is 18.2 Å². The Kier molecular flexibility index (Phi) is 6.37. The van der Waals surface area contributed by atoms with Crippen LogP contribution in [-0.2, 0) is 14.9 Å². The van der Waals surface area contributed by atoms with Gasteiger partial charge in [0.2, 0.25) is 0 Å². The van der Waals surface area contributed by atoms with Gasteiger partial charge in [0.25, 0.3) is 5.91 Å². The minimum Gasteiger partial charge on any atom is -0.464 e. The lowest BCUT2D eigenvalue weighted by atomic mass is 9.87. The maximum Gasteiger partial charge on any atom is 0.354 e. The van der Waals surface area contributed by atoms with Crippen LogP contribution in [-0.4, -0.2) is 19.0 Å². The van der Waals surface area contributed by atoms with Gasteiger partial charge in [-0.2, -0.15) is 0 Å². The number of rotatable bonds is 4. The van der Waals surface area contributed by atoms with Gasteiger partial charge in [0.1, 0.15) is 5.70 Å². The summed E-state index contributed by atoms with van der Waals surface area (Å²) >= 11 is 3.36. The molecule has 0 aliphatic rings. The fourth-order valence-electron chi connectivity index (χ4n) is 2.30. The summed E-state index contributed by atoms with van der Waals surface area (Å²) in [5, 5.41) is 2.64. The second kappa shape index (κ2) is 8.32. The summed E-state index contributed by atoms with van der Waals surface area (Å²) in [5.74, 6) is -0.966. The molecule has 0 radical (unpaired) electrons. The average Bonchev–Trinajstić information content (AvgIpc) is 2.61. The van der Waals surface area contributed by atoms with Crippen molar-refractivity contribution in [2.75, 3.05) is 7.11 Å². The largest absolute Gasteiger partial charge is 0.464 e. The molecule has 2 rings (SSSR count). The van der Waals surface area contributed by atoms with Gasteiger partial charge in [-0.1, -0.05) is 61.0 Å². The lowest BCUT2D eigenvalue weighted by molar-refractivity contribution is -0.136. The molecule has 0 saturated heterocycles. The number of esters is 1. The number of amides is 1. The number of benzene rings is 2. The van der Waals surface area contributed by atoms with Gasteiger partial charge >= 0.3 is 5.97 Å². The lowest BCUT2D eigenvalue weighted by Gasteiger charge is -2.19. The second-order valence-corrected chi connectivity index (χ2v) is 7.80. The van der Waals surface area contributed by atoms with E-state index in [2.05, 4.69) is 42.0 Å². The minimum absolute atomic E-state index is 0.00761. The molecular weight excluding hydrogens is 394 g/mol. The first-order valence-corrected chi connectivity index (χ1v) is 8.97. The highest BCUT2D eigenvalue weighted by Crippen LogP contribution is 2.22. The average molecular weight is 416 g/mol. The predicted molar refractivity (Wildman–Crippen MR) is 107 cm³/mol. The quantitative estimate of drug-likeness (QED) is 0.581. The Morgan fingerprint density at radius 1 is 1.00 bits per heavy atom. The van der Waals surface area contributed by atoms with Crippen LogP contribution in [0, 0.1) is 0 Å². The molecule has 0 spiro atoms. The maximum absolute atomic E-state index is 12.5. The van der Waals surface area contributed by atoms with E-state index in [0.29, 0.717) is 5.56 Å². The summed E-state index contributed by atoms with van der Waals surface area (Å²) < 4.78 is 5.71. The summed E-state index contributed by atoms with van der Waals surface area (Å²) in [6.07, 6.45) is 1.58. The summed E-state index contributed by atoms with van der Waals surface area (Å²) in [4.78, 5) is 24.5. The summed E-state index contributed by atoms with van der Waals surface area (Å²) in [7, 11) is 1.28. The minimum atomic E-state index is -0.604. The monoisotopic (exact) mass is 415 g/mol. The van der Waals surface area contributed by atoms with Crippen LogP contribution in [0.3, 0.4) is 0 Å². The molecule has 0 heterocycles. The standard InChI is InChI=1S/C21H22BrNO3/c1-21(2,3)16-9-7-15(8-10-16)19(24)23-18(20(25)26-4)13-14-5-11-17(22)12-6-14/h5-13H,1-4H3,(H,23,24)/b18-13-. The Labute approximate surface area is 162 Å². The number of ether oxygens (including phenoxy) is 1. The molecule has 2 aromatic rings. The summed E-state index contributed by atoms with van der Waals surface area (Å²) in [6.45, 7) is 6.33. The molecule has 0 aliphatic carbocycles. The molecule has 0 aromatic heterocycles. The van der Waals surface area contributed by atoms with Gasteiger partial charge in [-0.15, -0.1) is 0 Å². The van der Waals surface area contributed by atoms with Crippen molar-refractivity contribution < 1.29 is 14.3 Å². The Balaban J connectivity index is 2.24. The Morgan fingerprint density at radius 3 is 2.08 bits per heavy atom. The maximum atomic E-state index is 12.5. The molecule has 0 atom stereocenters. The highest BCUT2D eigenvalue weighted by atomic mass is 79.9. The first-order valence-electron chi connectivity index (χ1n) is 8.18. The van der Waals surface area contributed by atoms with Crippen molar-refractivity contribution in [3.63, 3.8) is 0 Å². The van der Waals surface area contributed by atoms with E-state index in [1.807, 2.05) is 36.4 Å². The van der Waals surface area contributed by atoms with E-state index in [4.69, 9.17) is 4.74 Å². The molecule has 0 saturated carbocycles. The molecule has 1 N–H and O–H groups in total. The molecular formula is C21H22BrNO3. The van der Waals surface area contributed by atoms with E-state index < -0.39 is 5.97 Å². The Morgan fingerprint density at radius 2 is 1.58 bits per heavy atom. The van der Waals surface area contributed by atoms with Gasteiger partial charge in [0.15, 0.2) is 0 Å². The SMILES string of the molecule is COC(=O)/C(=C/c1ccc(Br)cc1)NC(=O)c1ccc(C(C)(C)C)cc1. The van der Waals surface area contributed by atoms with Crippen molar-refractivity contribution in [3.8, 4) is 0 Å². The number of nitrogens with one attached hydrogen (secondary N) is 1. The van der Waals surface area contributed by atoms with Gasteiger partial charge in [-0.3, -0.25) is 4.79 Å². The van der Waals surface area contributed by atoms with Crippen LogP contribution in [0.1, 0.15) is 42.3 Å². The third kappa shape index (κ3) is 5.30. The predicted octanol–water partition coefficient (Wildman–Crippen LogP) is 4.69. The zero-order chi connectivity index (χ0) is 19.3. The molecule has 0 aliphatic heterocycles. The van der Waals surface area contributed by atoms with Crippen LogP contribution in [0.2, 0.25) is 0 Å². The van der Waals surface area contributed by atoms with E-state index in [0.717, 1.165) is 15.6 Å². The first-order chi connectivity index (χ1) is 12.2. The molecule has 2 aromatic carbocycles. The third-order valence-corrected chi connectivity index (χ3v) is 4.38. The second-order valence-electron chi connectivity index (χ2n) is 6.88. The fraction of sp³-hybridized carbons (Fsp3) is 0.238. The summed E-state index contributed by atoms with van der Waals surface area (Å²) in [6, 6.07) is 14.7. The number of carbonyl (C=O) groups excluding carboxylic acids is 2. The normalized spacial score (nSPS) is 11.8. The van der Waals surface area contributed by atoms with E-state index in [-0.39, 0.29) is 17.0 Å². The zero-order valence-electron chi connectivity index (χ0n) is 15.3. The molecule has 1 amide bonds. The molecule has 26 heavy (non-hydrogen) atoms. The molecule has 0 fully saturated rings. The van der Waals surface area contributed by atoms with Crippen molar-refractivity contribution in [1.29, 1.82) is 0 Å². The van der Waals surface area contributed by atoms with Crippen molar-refractivity contribution in [1.82, 2.24) is 5.32 Å². The molecule has 0 unspecified atom stereocenters. The van der Waals surface area contributed by atoms with Crippen LogP contribution in [0.15, 0.2) is 58.7 Å². The highest BCUT2D eigenvalue weighted by Gasteiger charge is 2.17. The lowest BCUT2D eigenvalue weighted by Crippen LogP contribution is -2.28. The van der Waals surface area contributed by atoms with Crippen LogP contribution < -0.4 is 5.32 Å². The highest BCUT2D eigenvalue weighted by molar-refractivity contribution is 9.10. The molecule has 4 nitrogen and oxygen atoms in total. The number of methoxy groups -OCH3 is 1. The Hall–Kier alpha value is -2.40. The number of hydrogen-bond donors (Lipinski definition) is 1. The van der Waals surface area contributed by atoms with Crippen molar-refractivity contribution in [3.05, 3.63) is 75.4 Å². The number of hydrogen-bond acceptors (Lipinski definition) is 3. The smallest absolute Gasteiger partial charge is 0.354 e. The number of halogens is 1. The van der Waals surface area contributed by atoms with Crippen molar-refractivity contribution in [2.24, 2.45) is 0 Å². The topological polar surface area (TPSA) is 55.4 Å². The van der Waals surface area contributed by atoms with E-state index >= 15 is 0 Å². The van der Waals surface area contributed by atoms with Gasteiger partial charge in [-0.25, -0.2) is 4.79 Å². The van der Waals surface area contributed by atoms with Crippen LogP contribution in [0.4, 0.5) is 0 Å². The van der Waals surface area contributed by atoms with Crippen molar-refractivity contribution >= 4 is 33.9 Å². The van der Waals surface area contributed by atoms with Crippen LogP contribution >= 0.6 is 15.9 Å². The number of carbonyl (C=O) groups is 2. The zero-order valence-corrected chi connectivity index (χ0v) is 16.9. The van der Waals surface area contributed by atoms with E-state index in [9.17, 15) is 9.59 Å². The molecule has 0 bridgehead atoms. The van der Waals surface area contributed by atoms with Gasteiger partial charge < -0.3 is 10.1 Å².